The Hall–Kier alpha value is -4.01. The van der Waals surface area contributed by atoms with Crippen LogP contribution in [0.5, 0.6) is 0 Å². The molecule has 0 saturated heterocycles. The molecule has 0 fully saturated rings. The van der Waals surface area contributed by atoms with E-state index in [0.717, 1.165) is 22.6 Å². The zero-order valence-electron chi connectivity index (χ0n) is 19.8. The monoisotopic (exact) mass is 523 g/mol. The number of rotatable bonds is 11. The molecule has 0 aliphatic rings. The van der Waals surface area contributed by atoms with Crippen LogP contribution in [-0.2, 0) is 21.7 Å². The summed E-state index contributed by atoms with van der Waals surface area (Å²) in [5.41, 5.74) is 0.0915. The predicted molar refractivity (Wildman–Crippen MR) is 132 cm³/mol. The highest BCUT2D eigenvalue weighted by Gasteiger charge is 2.44. The van der Waals surface area contributed by atoms with E-state index in [1.807, 2.05) is 19.1 Å². The molecule has 0 spiro atoms. The van der Waals surface area contributed by atoms with Crippen molar-refractivity contribution < 1.29 is 23.4 Å². The molecule has 4 aromatic rings. The second-order valence-electron chi connectivity index (χ2n) is 8.43. The fraction of sp³-hybridized carbons (Fsp3) is 0.269. The SMILES string of the molecule is C[C@@H](c1ncc(-c2ccc(C#N)cc2)s1)[C@@](Cn1cncn1)(OCCCC(=O)O)c1ccc(F)cc1F. The van der Waals surface area contributed by atoms with E-state index in [9.17, 15) is 9.18 Å². The number of benzene rings is 2. The molecule has 190 valence electrons. The second kappa shape index (κ2) is 11.4. The minimum Gasteiger partial charge on any atom is -0.481 e. The van der Waals surface area contributed by atoms with Crippen LogP contribution >= 0.6 is 11.3 Å². The highest BCUT2D eigenvalue weighted by atomic mass is 32.1. The summed E-state index contributed by atoms with van der Waals surface area (Å²) in [4.78, 5) is 20.5. The molecule has 2 atom stereocenters. The predicted octanol–water partition coefficient (Wildman–Crippen LogP) is 5.13. The molecule has 37 heavy (non-hydrogen) atoms. The summed E-state index contributed by atoms with van der Waals surface area (Å²) in [6, 6.07) is 12.5. The number of hydrogen-bond acceptors (Lipinski definition) is 7. The van der Waals surface area contributed by atoms with Crippen molar-refractivity contribution in [3.8, 4) is 16.5 Å². The van der Waals surface area contributed by atoms with E-state index in [1.54, 1.807) is 18.3 Å². The third-order valence-electron chi connectivity index (χ3n) is 6.04. The molecule has 0 bridgehead atoms. The van der Waals surface area contributed by atoms with E-state index in [1.165, 1.54) is 34.7 Å². The summed E-state index contributed by atoms with van der Waals surface area (Å²) in [7, 11) is 0. The topological polar surface area (TPSA) is 114 Å². The number of aromatic nitrogens is 4. The van der Waals surface area contributed by atoms with Crippen LogP contribution in [0.3, 0.4) is 0 Å². The number of carbonyl (C=O) groups is 1. The van der Waals surface area contributed by atoms with Gasteiger partial charge < -0.3 is 9.84 Å². The standard InChI is InChI=1S/C26H23F2N5O3S/c1-17(25-31-13-23(37-25)19-6-4-18(12-29)5-7-19)26(14-33-16-30-15-32-33,36-10-2-3-24(34)35)21-9-8-20(27)11-22(21)28/h4-9,11,13,15-17H,2-3,10,14H2,1H3,(H,34,35)/t17-,26+/m0/s1. The Morgan fingerprint density at radius 1 is 1.27 bits per heavy atom. The van der Waals surface area contributed by atoms with Crippen LogP contribution in [0.25, 0.3) is 10.4 Å². The fourth-order valence-corrected chi connectivity index (χ4v) is 5.16. The maximum absolute atomic E-state index is 15.3. The van der Waals surface area contributed by atoms with Crippen molar-refractivity contribution in [2.75, 3.05) is 6.61 Å². The van der Waals surface area contributed by atoms with Crippen molar-refractivity contribution in [3.63, 3.8) is 0 Å². The van der Waals surface area contributed by atoms with Crippen LogP contribution in [0.4, 0.5) is 8.78 Å². The van der Waals surface area contributed by atoms with Crippen molar-refractivity contribution in [2.24, 2.45) is 0 Å². The van der Waals surface area contributed by atoms with Gasteiger partial charge in [0.15, 0.2) is 0 Å². The van der Waals surface area contributed by atoms with E-state index >= 15 is 4.39 Å². The average molecular weight is 524 g/mol. The molecular weight excluding hydrogens is 500 g/mol. The molecule has 0 saturated carbocycles. The van der Waals surface area contributed by atoms with Crippen LogP contribution in [0, 0.1) is 23.0 Å². The van der Waals surface area contributed by atoms with E-state index in [2.05, 4.69) is 21.1 Å². The lowest BCUT2D eigenvalue weighted by Gasteiger charge is -2.39. The Morgan fingerprint density at radius 2 is 2.05 bits per heavy atom. The first-order chi connectivity index (χ1) is 17.8. The third kappa shape index (κ3) is 5.87. The maximum atomic E-state index is 15.3. The highest BCUT2D eigenvalue weighted by Crippen LogP contribution is 2.45. The molecule has 8 nitrogen and oxygen atoms in total. The summed E-state index contributed by atoms with van der Waals surface area (Å²) in [5, 5.41) is 22.9. The van der Waals surface area contributed by atoms with Gasteiger partial charge >= 0.3 is 5.97 Å². The molecule has 0 radical (unpaired) electrons. The van der Waals surface area contributed by atoms with E-state index < -0.39 is 29.1 Å². The normalized spacial score (nSPS) is 13.6. The number of hydrogen-bond donors (Lipinski definition) is 1. The van der Waals surface area contributed by atoms with Gasteiger partial charge in [0.05, 0.1) is 28.1 Å². The number of nitriles is 1. The van der Waals surface area contributed by atoms with Crippen molar-refractivity contribution in [2.45, 2.75) is 37.8 Å². The molecular formula is C26H23F2N5O3S. The lowest BCUT2D eigenvalue weighted by molar-refractivity contribution is -0.138. The quantitative estimate of drug-likeness (QED) is 0.271. The summed E-state index contributed by atoms with van der Waals surface area (Å²) in [6.45, 7) is 1.86. The van der Waals surface area contributed by atoms with Gasteiger partial charge in [-0.2, -0.15) is 10.4 Å². The van der Waals surface area contributed by atoms with Gasteiger partial charge in [-0.15, -0.1) is 11.3 Å². The van der Waals surface area contributed by atoms with Gasteiger partial charge in [-0.3, -0.25) is 4.79 Å². The minimum absolute atomic E-state index is 0.00993. The summed E-state index contributed by atoms with van der Waals surface area (Å²) in [6.07, 6.45) is 4.57. The van der Waals surface area contributed by atoms with E-state index in [0.29, 0.717) is 10.6 Å². The number of halogens is 2. The third-order valence-corrected chi connectivity index (χ3v) is 7.27. The van der Waals surface area contributed by atoms with Crippen LogP contribution in [0.15, 0.2) is 61.3 Å². The van der Waals surface area contributed by atoms with Gasteiger partial charge in [0.25, 0.3) is 0 Å². The first kappa shape index (κ1) is 26.1. The van der Waals surface area contributed by atoms with Gasteiger partial charge in [0, 0.05) is 36.8 Å². The molecule has 2 heterocycles. The summed E-state index contributed by atoms with van der Waals surface area (Å²) >= 11 is 1.38. The largest absolute Gasteiger partial charge is 0.481 e. The van der Waals surface area contributed by atoms with E-state index in [-0.39, 0.29) is 31.6 Å². The fourth-order valence-electron chi connectivity index (χ4n) is 4.10. The van der Waals surface area contributed by atoms with Crippen molar-refractivity contribution in [1.29, 1.82) is 5.26 Å². The number of nitrogens with zero attached hydrogens (tertiary/aromatic N) is 5. The minimum atomic E-state index is -1.41. The molecule has 0 amide bonds. The number of aliphatic carboxylic acids is 1. The van der Waals surface area contributed by atoms with Crippen LogP contribution in [-0.4, -0.2) is 37.4 Å². The zero-order valence-corrected chi connectivity index (χ0v) is 20.7. The number of carboxylic acid groups (broad SMARTS) is 1. The molecule has 4 rings (SSSR count). The van der Waals surface area contributed by atoms with Gasteiger partial charge in [-0.25, -0.2) is 23.4 Å². The number of carboxylic acids is 1. The summed E-state index contributed by atoms with van der Waals surface area (Å²) < 4.78 is 37.0. The Labute approximate surface area is 215 Å². The first-order valence-electron chi connectivity index (χ1n) is 11.4. The second-order valence-corrected chi connectivity index (χ2v) is 9.49. The zero-order chi connectivity index (χ0) is 26.4. The van der Waals surface area contributed by atoms with E-state index in [4.69, 9.17) is 15.1 Å². The average Bonchev–Trinajstić information content (AvgIpc) is 3.58. The molecule has 0 aliphatic heterocycles. The molecule has 2 aromatic carbocycles. The van der Waals surface area contributed by atoms with Crippen molar-refractivity contribution in [3.05, 3.63) is 89.1 Å². The molecule has 11 heteroatoms. The maximum Gasteiger partial charge on any atom is 0.303 e. The van der Waals surface area contributed by atoms with Crippen LogP contribution in [0.1, 0.15) is 41.8 Å². The molecule has 0 unspecified atom stereocenters. The molecule has 2 aromatic heterocycles. The van der Waals surface area contributed by atoms with Crippen molar-refractivity contribution >= 4 is 17.3 Å². The van der Waals surface area contributed by atoms with Crippen molar-refractivity contribution in [1.82, 2.24) is 19.7 Å². The first-order valence-corrected chi connectivity index (χ1v) is 12.2. The Kier molecular flexibility index (Phi) is 8.01. The summed E-state index contributed by atoms with van der Waals surface area (Å²) in [5.74, 6) is -3.06. The van der Waals surface area contributed by atoms with Gasteiger partial charge in [-0.1, -0.05) is 25.1 Å². The smallest absolute Gasteiger partial charge is 0.303 e. The molecule has 1 N–H and O–H groups in total. The van der Waals surface area contributed by atoms with Crippen LogP contribution in [0.2, 0.25) is 0 Å². The highest BCUT2D eigenvalue weighted by molar-refractivity contribution is 7.15. The molecule has 0 aliphatic carbocycles. The lowest BCUT2D eigenvalue weighted by Crippen LogP contribution is -2.41. The Bertz CT molecular complexity index is 1400. The van der Waals surface area contributed by atoms with Gasteiger partial charge in [-0.05, 0) is 30.2 Å². The Morgan fingerprint density at radius 3 is 2.70 bits per heavy atom. The van der Waals surface area contributed by atoms with Crippen LogP contribution < -0.4 is 0 Å². The Balaban J connectivity index is 1.77. The van der Waals surface area contributed by atoms with Gasteiger partial charge in [0.1, 0.15) is 29.9 Å². The van der Waals surface area contributed by atoms with Gasteiger partial charge in [0.2, 0.25) is 0 Å². The number of thiazole rings is 1. The number of ether oxygens (including phenoxy) is 1. The lowest BCUT2D eigenvalue weighted by atomic mass is 9.81.